The highest BCUT2D eigenvalue weighted by molar-refractivity contribution is 5.97. The summed E-state index contributed by atoms with van der Waals surface area (Å²) in [6.07, 6.45) is 0.760. The molecule has 0 bridgehead atoms. The first-order valence-electron chi connectivity index (χ1n) is 8.18. The van der Waals surface area contributed by atoms with Crippen molar-refractivity contribution in [1.29, 1.82) is 0 Å². The summed E-state index contributed by atoms with van der Waals surface area (Å²) in [4.78, 5) is 24.6. The number of ether oxygens (including phenoxy) is 1. The first kappa shape index (κ1) is 19.2. The number of nitrogens with one attached hydrogen (secondary N) is 2. The fraction of sp³-hybridized carbons (Fsp3) is 0.556. The average Bonchev–Trinajstić information content (AvgIpc) is 2.51. The van der Waals surface area contributed by atoms with Gasteiger partial charge in [-0.1, -0.05) is 31.5 Å². The molecule has 1 aromatic rings. The number of carbonyl (C=O) groups excluding carboxylic acids is 2. The molecule has 5 heteroatoms. The minimum Gasteiger partial charge on any atom is -0.382 e. The molecule has 0 aliphatic carbocycles. The largest absolute Gasteiger partial charge is 0.382 e. The number of benzene rings is 1. The van der Waals surface area contributed by atoms with E-state index < -0.39 is 6.04 Å². The zero-order valence-electron chi connectivity index (χ0n) is 14.5. The lowest BCUT2D eigenvalue weighted by molar-refractivity contribution is -0.123. The third kappa shape index (κ3) is 6.82. The Hall–Kier alpha value is -1.88. The molecule has 0 aromatic heterocycles. The van der Waals surface area contributed by atoms with Crippen molar-refractivity contribution < 1.29 is 14.3 Å². The van der Waals surface area contributed by atoms with Crippen LogP contribution in [0.25, 0.3) is 0 Å². The fourth-order valence-electron chi connectivity index (χ4n) is 2.19. The normalized spacial score (nSPS) is 12.0. The van der Waals surface area contributed by atoms with Gasteiger partial charge in [0.05, 0.1) is 0 Å². The van der Waals surface area contributed by atoms with Crippen LogP contribution >= 0.6 is 0 Å². The van der Waals surface area contributed by atoms with E-state index in [-0.39, 0.29) is 17.7 Å². The summed E-state index contributed by atoms with van der Waals surface area (Å²) in [7, 11) is 0. The van der Waals surface area contributed by atoms with Crippen LogP contribution in [0.5, 0.6) is 0 Å². The summed E-state index contributed by atoms with van der Waals surface area (Å²) in [5, 5.41) is 5.69. The van der Waals surface area contributed by atoms with Crippen molar-refractivity contribution >= 4 is 11.8 Å². The number of hydrogen-bond acceptors (Lipinski definition) is 3. The van der Waals surface area contributed by atoms with Gasteiger partial charge < -0.3 is 15.4 Å². The predicted octanol–water partition coefficient (Wildman–Crippen LogP) is 2.29. The Morgan fingerprint density at radius 1 is 1.26 bits per heavy atom. The van der Waals surface area contributed by atoms with E-state index in [1.807, 2.05) is 45.9 Å². The third-order valence-corrected chi connectivity index (χ3v) is 3.48. The van der Waals surface area contributed by atoms with Gasteiger partial charge in [0.1, 0.15) is 6.04 Å². The van der Waals surface area contributed by atoms with Gasteiger partial charge in [0, 0.05) is 25.3 Å². The number of rotatable bonds is 9. The van der Waals surface area contributed by atoms with Crippen LogP contribution in [-0.4, -0.2) is 37.6 Å². The van der Waals surface area contributed by atoms with Gasteiger partial charge >= 0.3 is 0 Å². The van der Waals surface area contributed by atoms with Crippen molar-refractivity contribution in [2.45, 2.75) is 40.2 Å². The lowest BCUT2D eigenvalue weighted by atomic mass is 10.0. The van der Waals surface area contributed by atoms with E-state index in [9.17, 15) is 9.59 Å². The maximum atomic E-state index is 12.3. The SMILES string of the molecule is CCOCCCNC(=O)C(NC(=O)c1cccc(C)c1)C(C)C. The van der Waals surface area contributed by atoms with Crippen LogP contribution in [0.2, 0.25) is 0 Å². The molecule has 1 aromatic carbocycles. The van der Waals surface area contributed by atoms with Crippen molar-refractivity contribution in [2.24, 2.45) is 5.92 Å². The molecule has 128 valence electrons. The summed E-state index contributed by atoms with van der Waals surface area (Å²) >= 11 is 0. The molecule has 0 aliphatic rings. The van der Waals surface area contributed by atoms with Gasteiger partial charge in [-0.3, -0.25) is 9.59 Å². The Morgan fingerprint density at radius 2 is 2.00 bits per heavy atom. The Balaban J connectivity index is 2.57. The monoisotopic (exact) mass is 320 g/mol. The molecule has 0 spiro atoms. The summed E-state index contributed by atoms with van der Waals surface area (Å²) in [6, 6.07) is 6.78. The van der Waals surface area contributed by atoms with Gasteiger partial charge in [-0.15, -0.1) is 0 Å². The highest BCUT2D eigenvalue weighted by Gasteiger charge is 2.24. The first-order valence-corrected chi connectivity index (χ1v) is 8.18. The summed E-state index contributed by atoms with van der Waals surface area (Å²) in [5.41, 5.74) is 1.58. The standard InChI is InChI=1S/C18H28N2O3/c1-5-23-11-7-10-19-18(22)16(13(2)3)20-17(21)15-9-6-8-14(4)12-15/h6,8-9,12-13,16H,5,7,10-11H2,1-4H3,(H,19,22)(H,20,21). The van der Waals surface area contributed by atoms with Crippen molar-refractivity contribution in [3.8, 4) is 0 Å². The van der Waals surface area contributed by atoms with Gasteiger partial charge in [0.2, 0.25) is 5.91 Å². The van der Waals surface area contributed by atoms with Gasteiger partial charge in [-0.25, -0.2) is 0 Å². The molecule has 0 fully saturated rings. The van der Waals surface area contributed by atoms with Gasteiger partial charge in [0.25, 0.3) is 5.91 Å². The minimum atomic E-state index is -0.546. The molecule has 1 unspecified atom stereocenters. The Bertz CT molecular complexity index is 515. The molecule has 0 radical (unpaired) electrons. The van der Waals surface area contributed by atoms with E-state index in [1.54, 1.807) is 6.07 Å². The molecule has 2 amide bonds. The Kier molecular flexibility index (Phi) is 8.33. The summed E-state index contributed by atoms with van der Waals surface area (Å²) in [6.45, 7) is 9.55. The summed E-state index contributed by atoms with van der Waals surface area (Å²) < 4.78 is 5.24. The van der Waals surface area contributed by atoms with Crippen LogP contribution in [0.4, 0.5) is 0 Å². The quantitative estimate of drug-likeness (QED) is 0.686. The predicted molar refractivity (Wildman–Crippen MR) is 91.4 cm³/mol. The maximum Gasteiger partial charge on any atom is 0.251 e. The van der Waals surface area contributed by atoms with Gasteiger partial charge in [-0.2, -0.15) is 0 Å². The van der Waals surface area contributed by atoms with Crippen molar-refractivity contribution in [3.05, 3.63) is 35.4 Å². The number of aryl methyl sites for hydroxylation is 1. The highest BCUT2D eigenvalue weighted by atomic mass is 16.5. The van der Waals surface area contributed by atoms with Gasteiger partial charge in [-0.05, 0) is 38.3 Å². The molecule has 0 heterocycles. The smallest absolute Gasteiger partial charge is 0.251 e. The van der Waals surface area contributed by atoms with Gasteiger partial charge in [0.15, 0.2) is 0 Å². The second-order valence-corrected chi connectivity index (χ2v) is 5.91. The van der Waals surface area contributed by atoms with E-state index in [1.165, 1.54) is 0 Å². The molecule has 0 aliphatic heterocycles. The molecule has 0 saturated heterocycles. The van der Waals surface area contributed by atoms with Crippen LogP contribution < -0.4 is 10.6 Å². The lowest BCUT2D eigenvalue weighted by Gasteiger charge is -2.22. The van der Waals surface area contributed by atoms with E-state index in [4.69, 9.17) is 4.74 Å². The van der Waals surface area contributed by atoms with Crippen LogP contribution in [0.3, 0.4) is 0 Å². The zero-order valence-corrected chi connectivity index (χ0v) is 14.5. The lowest BCUT2D eigenvalue weighted by Crippen LogP contribution is -2.50. The van der Waals surface area contributed by atoms with E-state index in [0.29, 0.717) is 25.3 Å². The third-order valence-electron chi connectivity index (χ3n) is 3.48. The van der Waals surface area contributed by atoms with E-state index in [2.05, 4.69) is 10.6 Å². The molecule has 23 heavy (non-hydrogen) atoms. The zero-order chi connectivity index (χ0) is 17.2. The molecule has 1 atom stereocenters. The molecule has 2 N–H and O–H groups in total. The molecule has 5 nitrogen and oxygen atoms in total. The topological polar surface area (TPSA) is 67.4 Å². The average molecular weight is 320 g/mol. The second kappa shape index (κ2) is 10.0. The van der Waals surface area contributed by atoms with Crippen molar-refractivity contribution in [2.75, 3.05) is 19.8 Å². The molecule has 1 rings (SSSR count). The molecular formula is C18H28N2O3. The highest BCUT2D eigenvalue weighted by Crippen LogP contribution is 2.07. The second-order valence-electron chi connectivity index (χ2n) is 5.91. The van der Waals surface area contributed by atoms with Crippen LogP contribution in [0.15, 0.2) is 24.3 Å². The number of hydrogen-bond donors (Lipinski definition) is 2. The van der Waals surface area contributed by atoms with Crippen LogP contribution in [0.1, 0.15) is 43.1 Å². The Morgan fingerprint density at radius 3 is 2.61 bits per heavy atom. The number of amides is 2. The fourth-order valence-corrected chi connectivity index (χ4v) is 2.19. The maximum absolute atomic E-state index is 12.3. The first-order chi connectivity index (χ1) is 11.0. The Labute approximate surface area is 138 Å². The van der Waals surface area contributed by atoms with E-state index >= 15 is 0 Å². The minimum absolute atomic E-state index is 0.00986. The molecular weight excluding hydrogens is 292 g/mol. The van der Waals surface area contributed by atoms with Crippen molar-refractivity contribution in [1.82, 2.24) is 10.6 Å². The van der Waals surface area contributed by atoms with E-state index in [0.717, 1.165) is 12.0 Å². The van der Waals surface area contributed by atoms with Crippen LogP contribution in [0, 0.1) is 12.8 Å². The summed E-state index contributed by atoms with van der Waals surface area (Å²) in [5.74, 6) is -0.370. The molecule has 0 saturated carbocycles. The van der Waals surface area contributed by atoms with Crippen LogP contribution in [-0.2, 0) is 9.53 Å². The number of carbonyl (C=O) groups is 2. The van der Waals surface area contributed by atoms with Crippen molar-refractivity contribution in [3.63, 3.8) is 0 Å².